The molecule has 0 saturated heterocycles. The molecule has 1 N–H and O–H groups in total. The second-order valence-corrected chi connectivity index (χ2v) is 3.78. The third kappa shape index (κ3) is 1.66. The molecule has 4 nitrogen and oxygen atoms in total. The van der Waals surface area contributed by atoms with E-state index in [2.05, 4.69) is 5.10 Å². The average molecular weight is 218 g/mol. The number of nitrogens with zero attached hydrogens (tertiary/aromatic N) is 2. The fourth-order valence-electron chi connectivity index (χ4n) is 2.06. The van der Waals surface area contributed by atoms with E-state index < -0.39 is 5.97 Å². The van der Waals surface area contributed by atoms with E-state index in [1.165, 1.54) is 0 Å². The van der Waals surface area contributed by atoms with Gasteiger partial charge in [0.1, 0.15) is 0 Å². The van der Waals surface area contributed by atoms with Gasteiger partial charge in [0.05, 0.1) is 17.6 Å². The van der Waals surface area contributed by atoms with Crippen molar-refractivity contribution in [1.29, 1.82) is 0 Å². The summed E-state index contributed by atoms with van der Waals surface area (Å²) in [5.74, 6) is -0.809. The molecule has 84 valence electrons. The molecule has 1 aromatic carbocycles. The Labute approximate surface area is 93.5 Å². The number of fused-ring (bicyclic) bond motifs is 1. The largest absolute Gasteiger partial charge is 0.481 e. The van der Waals surface area contributed by atoms with Gasteiger partial charge in [-0.2, -0.15) is 5.10 Å². The highest BCUT2D eigenvalue weighted by Crippen LogP contribution is 2.22. The first-order valence-corrected chi connectivity index (χ1v) is 5.30. The van der Waals surface area contributed by atoms with Crippen LogP contribution >= 0.6 is 0 Å². The minimum absolute atomic E-state index is 0.0492. The number of aliphatic carboxylic acids is 1. The summed E-state index contributed by atoms with van der Waals surface area (Å²) < 4.78 is 1.90. The van der Waals surface area contributed by atoms with Crippen molar-refractivity contribution in [3.63, 3.8) is 0 Å². The zero-order valence-electron chi connectivity index (χ0n) is 9.40. The summed E-state index contributed by atoms with van der Waals surface area (Å²) in [6.45, 7) is 4.73. The minimum atomic E-state index is -0.809. The van der Waals surface area contributed by atoms with Crippen LogP contribution in [0.4, 0.5) is 0 Å². The highest BCUT2D eigenvalue weighted by molar-refractivity contribution is 5.88. The van der Waals surface area contributed by atoms with Crippen molar-refractivity contribution >= 4 is 16.9 Å². The molecule has 0 saturated carbocycles. The van der Waals surface area contributed by atoms with E-state index in [4.69, 9.17) is 5.11 Å². The number of aromatic nitrogens is 2. The van der Waals surface area contributed by atoms with Gasteiger partial charge < -0.3 is 5.11 Å². The van der Waals surface area contributed by atoms with Crippen molar-refractivity contribution in [2.24, 2.45) is 0 Å². The van der Waals surface area contributed by atoms with Crippen molar-refractivity contribution in [1.82, 2.24) is 9.78 Å². The Morgan fingerprint density at radius 1 is 1.50 bits per heavy atom. The summed E-state index contributed by atoms with van der Waals surface area (Å²) in [7, 11) is 0. The lowest BCUT2D eigenvalue weighted by Crippen LogP contribution is -2.00. The van der Waals surface area contributed by atoms with Gasteiger partial charge in [0, 0.05) is 11.9 Å². The SMILES string of the molecule is CCn1nc(C)c2c(CC(=O)O)cccc21. The number of carboxylic acid groups (broad SMARTS) is 1. The number of carbonyl (C=O) groups is 1. The van der Waals surface area contributed by atoms with Gasteiger partial charge >= 0.3 is 5.97 Å². The molecule has 0 spiro atoms. The van der Waals surface area contributed by atoms with Crippen LogP contribution in [0.3, 0.4) is 0 Å². The summed E-state index contributed by atoms with van der Waals surface area (Å²) in [4.78, 5) is 10.8. The van der Waals surface area contributed by atoms with E-state index in [0.717, 1.165) is 28.7 Å². The number of hydrogen-bond donors (Lipinski definition) is 1. The molecule has 0 radical (unpaired) electrons. The zero-order valence-corrected chi connectivity index (χ0v) is 9.40. The maximum Gasteiger partial charge on any atom is 0.307 e. The number of benzene rings is 1. The van der Waals surface area contributed by atoms with E-state index in [-0.39, 0.29) is 6.42 Å². The summed E-state index contributed by atoms with van der Waals surface area (Å²) in [6.07, 6.45) is 0.0492. The van der Waals surface area contributed by atoms with Crippen LogP contribution in [0, 0.1) is 6.92 Å². The Morgan fingerprint density at radius 3 is 2.88 bits per heavy atom. The Kier molecular flexibility index (Phi) is 2.64. The molecule has 1 aromatic heterocycles. The Balaban J connectivity index is 2.67. The van der Waals surface area contributed by atoms with E-state index in [9.17, 15) is 4.79 Å². The summed E-state index contributed by atoms with van der Waals surface area (Å²) >= 11 is 0. The standard InChI is InChI=1S/C12H14N2O2/c1-3-14-10-6-4-5-9(7-11(15)16)12(10)8(2)13-14/h4-6H,3,7H2,1-2H3,(H,15,16). The molecule has 1 heterocycles. The normalized spacial score (nSPS) is 10.9. The van der Waals surface area contributed by atoms with Gasteiger partial charge in [0.15, 0.2) is 0 Å². The van der Waals surface area contributed by atoms with Crippen LogP contribution in [-0.2, 0) is 17.8 Å². The lowest BCUT2D eigenvalue weighted by Gasteiger charge is -2.01. The molecular weight excluding hydrogens is 204 g/mol. The van der Waals surface area contributed by atoms with Crippen LogP contribution in [0.25, 0.3) is 10.9 Å². The molecular formula is C12H14N2O2. The summed E-state index contributed by atoms with van der Waals surface area (Å²) in [6, 6.07) is 5.71. The first-order valence-electron chi connectivity index (χ1n) is 5.30. The van der Waals surface area contributed by atoms with Crippen LogP contribution in [0.5, 0.6) is 0 Å². The van der Waals surface area contributed by atoms with Gasteiger partial charge in [-0.3, -0.25) is 9.48 Å². The molecule has 0 unspecified atom stereocenters. The molecule has 2 rings (SSSR count). The van der Waals surface area contributed by atoms with E-state index in [1.807, 2.05) is 36.7 Å². The van der Waals surface area contributed by atoms with Gasteiger partial charge in [0.25, 0.3) is 0 Å². The Bertz CT molecular complexity index is 543. The minimum Gasteiger partial charge on any atom is -0.481 e. The fraction of sp³-hybridized carbons (Fsp3) is 0.333. The monoisotopic (exact) mass is 218 g/mol. The predicted octanol–water partition coefficient (Wildman–Crippen LogP) is 1.99. The molecule has 16 heavy (non-hydrogen) atoms. The van der Waals surface area contributed by atoms with Gasteiger partial charge in [-0.05, 0) is 25.5 Å². The third-order valence-electron chi connectivity index (χ3n) is 2.68. The predicted molar refractivity (Wildman–Crippen MR) is 61.5 cm³/mol. The van der Waals surface area contributed by atoms with E-state index >= 15 is 0 Å². The van der Waals surface area contributed by atoms with Crippen molar-refractivity contribution in [2.45, 2.75) is 26.8 Å². The Hall–Kier alpha value is -1.84. The maximum atomic E-state index is 10.8. The second-order valence-electron chi connectivity index (χ2n) is 3.78. The molecule has 2 aromatic rings. The molecule has 0 bridgehead atoms. The lowest BCUT2D eigenvalue weighted by atomic mass is 10.1. The van der Waals surface area contributed by atoms with Crippen molar-refractivity contribution in [3.8, 4) is 0 Å². The zero-order chi connectivity index (χ0) is 11.7. The molecule has 4 heteroatoms. The highest BCUT2D eigenvalue weighted by Gasteiger charge is 2.12. The van der Waals surface area contributed by atoms with E-state index in [1.54, 1.807) is 0 Å². The van der Waals surface area contributed by atoms with Crippen molar-refractivity contribution < 1.29 is 9.90 Å². The third-order valence-corrected chi connectivity index (χ3v) is 2.68. The quantitative estimate of drug-likeness (QED) is 0.857. The topological polar surface area (TPSA) is 55.1 Å². The number of rotatable bonds is 3. The first-order chi connectivity index (χ1) is 7.63. The number of aryl methyl sites for hydroxylation is 2. The summed E-state index contributed by atoms with van der Waals surface area (Å²) in [5, 5.41) is 14.2. The first kappa shape index (κ1) is 10.7. The molecule has 0 aliphatic carbocycles. The molecule has 0 amide bonds. The molecule has 0 fully saturated rings. The average Bonchev–Trinajstić information content (AvgIpc) is 2.56. The van der Waals surface area contributed by atoms with Crippen LogP contribution in [0.2, 0.25) is 0 Å². The second kappa shape index (κ2) is 3.96. The number of hydrogen-bond acceptors (Lipinski definition) is 2. The summed E-state index contributed by atoms with van der Waals surface area (Å²) in [5.41, 5.74) is 2.75. The Morgan fingerprint density at radius 2 is 2.25 bits per heavy atom. The highest BCUT2D eigenvalue weighted by atomic mass is 16.4. The van der Waals surface area contributed by atoms with Gasteiger partial charge in [-0.1, -0.05) is 12.1 Å². The van der Waals surface area contributed by atoms with Gasteiger partial charge in [-0.25, -0.2) is 0 Å². The van der Waals surface area contributed by atoms with Crippen LogP contribution < -0.4 is 0 Å². The lowest BCUT2D eigenvalue weighted by molar-refractivity contribution is -0.136. The molecule has 0 aliphatic rings. The van der Waals surface area contributed by atoms with Crippen LogP contribution in [0.1, 0.15) is 18.2 Å². The van der Waals surface area contributed by atoms with Crippen molar-refractivity contribution in [2.75, 3.05) is 0 Å². The fourth-order valence-corrected chi connectivity index (χ4v) is 2.06. The van der Waals surface area contributed by atoms with Crippen LogP contribution in [-0.4, -0.2) is 20.9 Å². The smallest absolute Gasteiger partial charge is 0.307 e. The van der Waals surface area contributed by atoms with Crippen LogP contribution in [0.15, 0.2) is 18.2 Å². The maximum absolute atomic E-state index is 10.8. The van der Waals surface area contributed by atoms with Gasteiger partial charge in [-0.15, -0.1) is 0 Å². The van der Waals surface area contributed by atoms with E-state index in [0.29, 0.717) is 0 Å². The van der Waals surface area contributed by atoms with Crippen molar-refractivity contribution in [3.05, 3.63) is 29.5 Å². The molecule has 0 aliphatic heterocycles. The van der Waals surface area contributed by atoms with Gasteiger partial charge in [0.2, 0.25) is 0 Å². The molecule has 0 atom stereocenters. The number of carboxylic acids is 1.